The highest BCUT2D eigenvalue weighted by molar-refractivity contribution is 5.59. The highest BCUT2D eigenvalue weighted by Crippen LogP contribution is 2.33. The van der Waals surface area contributed by atoms with Gasteiger partial charge in [-0.2, -0.15) is 0 Å². The molecular formula is C16H24N2O. The molecule has 1 fully saturated rings. The number of benzene rings is 1. The van der Waals surface area contributed by atoms with Crippen LogP contribution in [0.1, 0.15) is 19.4 Å². The number of para-hydroxylation sites is 1. The van der Waals surface area contributed by atoms with Crippen LogP contribution in [0.2, 0.25) is 0 Å². The summed E-state index contributed by atoms with van der Waals surface area (Å²) < 4.78 is 5.67. The Balaban J connectivity index is 1.73. The average Bonchev–Trinajstić information content (AvgIpc) is 2.97. The Bertz CT molecular complexity index is 435. The molecule has 2 aliphatic rings. The van der Waals surface area contributed by atoms with E-state index in [1.165, 1.54) is 17.7 Å². The SMILES string of the molecule is CCNC1COCC1CN1c2ccccc2CC1C. The minimum absolute atomic E-state index is 0.518. The van der Waals surface area contributed by atoms with Crippen molar-refractivity contribution in [3.05, 3.63) is 29.8 Å². The lowest BCUT2D eigenvalue weighted by Gasteiger charge is -2.30. The Morgan fingerprint density at radius 3 is 3.00 bits per heavy atom. The number of fused-ring (bicyclic) bond motifs is 1. The van der Waals surface area contributed by atoms with E-state index in [2.05, 4.69) is 48.3 Å². The lowest BCUT2D eigenvalue weighted by molar-refractivity contribution is 0.183. The van der Waals surface area contributed by atoms with Gasteiger partial charge < -0.3 is 15.0 Å². The number of anilines is 1. The van der Waals surface area contributed by atoms with Crippen molar-refractivity contribution >= 4 is 5.69 Å². The smallest absolute Gasteiger partial charge is 0.0624 e. The maximum absolute atomic E-state index is 5.67. The van der Waals surface area contributed by atoms with E-state index in [9.17, 15) is 0 Å². The molecule has 3 heteroatoms. The molecule has 0 saturated carbocycles. The first-order valence-corrected chi connectivity index (χ1v) is 7.45. The molecule has 19 heavy (non-hydrogen) atoms. The van der Waals surface area contributed by atoms with E-state index in [4.69, 9.17) is 4.74 Å². The number of likely N-dealkylation sites (N-methyl/N-ethyl adjacent to an activating group) is 1. The van der Waals surface area contributed by atoms with Crippen molar-refractivity contribution in [1.82, 2.24) is 5.32 Å². The number of hydrogen-bond donors (Lipinski definition) is 1. The predicted octanol–water partition coefficient (Wildman–Crippen LogP) is 2.06. The third-order valence-corrected chi connectivity index (χ3v) is 4.44. The van der Waals surface area contributed by atoms with E-state index in [0.717, 1.165) is 26.3 Å². The number of ether oxygens (including phenoxy) is 1. The van der Waals surface area contributed by atoms with Crippen LogP contribution in [-0.4, -0.2) is 38.4 Å². The summed E-state index contributed by atoms with van der Waals surface area (Å²) >= 11 is 0. The van der Waals surface area contributed by atoms with Crippen LogP contribution in [0, 0.1) is 5.92 Å². The standard InChI is InChI=1S/C16H24N2O/c1-3-17-15-11-19-10-14(15)9-18-12(2)8-13-6-4-5-7-16(13)18/h4-7,12,14-15,17H,3,8-11H2,1-2H3. The fourth-order valence-corrected chi connectivity index (χ4v) is 3.43. The van der Waals surface area contributed by atoms with Gasteiger partial charge in [0.2, 0.25) is 0 Å². The van der Waals surface area contributed by atoms with E-state index >= 15 is 0 Å². The molecule has 1 saturated heterocycles. The van der Waals surface area contributed by atoms with Gasteiger partial charge in [0, 0.05) is 30.2 Å². The van der Waals surface area contributed by atoms with Crippen LogP contribution in [-0.2, 0) is 11.2 Å². The van der Waals surface area contributed by atoms with Gasteiger partial charge in [0.25, 0.3) is 0 Å². The van der Waals surface area contributed by atoms with E-state index in [1.54, 1.807) is 0 Å². The van der Waals surface area contributed by atoms with Crippen LogP contribution in [0.3, 0.4) is 0 Å². The fraction of sp³-hybridized carbons (Fsp3) is 0.625. The maximum atomic E-state index is 5.67. The van der Waals surface area contributed by atoms with Crippen LogP contribution in [0.25, 0.3) is 0 Å². The second-order valence-corrected chi connectivity index (χ2v) is 5.80. The van der Waals surface area contributed by atoms with Crippen molar-refractivity contribution in [3.63, 3.8) is 0 Å². The summed E-state index contributed by atoms with van der Waals surface area (Å²) in [5, 5.41) is 3.56. The molecule has 3 unspecified atom stereocenters. The third kappa shape index (κ3) is 2.49. The lowest BCUT2D eigenvalue weighted by Crippen LogP contribution is -2.43. The van der Waals surface area contributed by atoms with Gasteiger partial charge in [0.05, 0.1) is 13.2 Å². The Hall–Kier alpha value is -1.06. The summed E-state index contributed by atoms with van der Waals surface area (Å²) in [5.41, 5.74) is 2.92. The molecule has 0 aromatic heterocycles. The molecule has 3 rings (SSSR count). The van der Waals surface area contributed by atoms with Gasteiger partial charge in [-0.05, 0) is 31.5 Å². The first-order valence-electron chi connectivity index (χ1n) is 7.45. The molecule has 0 spiro atoms. The summed E-state index contributed by atoms with van der Waals surface area (Å²) in [4.78, 5) is 2.57. The number of nitrogens with one attached hydrogen (secondary N) is 1. The fourth-order valence-electron chi connectivity index (χ4n) is 3.43. The van der Waals surface area contributed by atoms with Crippen LogP contribution < -0.4 is 10.2 Å². The second kappa shape index (κ2) is 5.51. The topological polar surface area (TPSA) is 24.5 Å². The van der Waals surface area contributed by atoms with Crippen molar-refractivity contribution in [2.45, 2.75) is 32.4 Å². The van der Waals surface area contributed by atoms with Crippen LogP contribution in [0.5, 0.6) is 0 Å². The summed E-state index contributed by atoms with van der Waals surface area (Å²) in [6, 6.07) is 9.95. The normalized spacial score (nSPS) is 29.8. The van der Waals surface area contributed by atoms with Gasteiger partial charge in [-0.25, -0.2) is 0 Å². The van der Waals surface area contributed by atoms with Crippen molar-refractivity contribution in [1.29, 1.82) is 0 Å². The quantitative estimate of drug-likeness (QED) is 0.897. The molecule has 3 atom stereocenters. The zero-order chi connectivity index (χ0) is 13.2. The van der Waals surface area contributed by atoms with E-state index in [0.29, 0.717) is 18.0 Å². The van der Waals surface area contributed by atoms with Gasteiger partial charge in [0.15, 0.2) is 0 Å². The second-order valence-electron chi connectivity index (χ2n) is 5.80. The zero-order valence-electron chi connectivity index (χ0n) is 11.9. The van der Waals surface area contributed by atoms with Gasteiger partial charge in [-0.15, -0.1) is 0 Å². The third-order valence-electron chi connectivity index (χ3n) is 4.44. The van der Waals surface area contributed by atoms with Gasteiger partial charge in [-0.1, -0.05) is 25.1 Å². The molecule has 3 nitrogen and oxygen atoms in total. The Morgan fingerprint density at radius 1 is 1.32 bits per heavy atom. The molecule has 1 aromatic carbocycles. The van der Waals surface area contributed by atoms with Gasteiger partial charge in [0.1, 0.15) is 0 Å². The van der Waals surface area contributed by atoms with Gasteiger partial charge in [-0.3, -0.25) is 0 Å². The Labute approximate surface area is 115 Å². The molecule has 0 radical (unpaired) electrons. The zero-order valence-corrected chi connectivity index (χ0v) is 11.9. The molecule has 0 bridgehead atoms. The Kier molecular flexibility index (Phi) is 3.76. The summed E-state index contributed by atoms with van der Waals surface area (Å²) in [6.45, 7) is 8.39. The predicted molar refractivity (Wildman–Crippen MR) is 78.7 cm³/mol. The Morgan fingerprint density at radius 2 is 2.16 bits per heavy atom. The monoisotopic (exact) mass is 260 g/mol. The highest BCUT2D eigenvalue weighted by atomic mass is 16.5. The molecule has 1 aromatic rings. The average molecular weight is 260 g/mol. The van der Waals surface area contributed by atoms with E-state index in [1.807, 2.05) is 0 Å². The largest absolute Gasteiger partial charge is 0.379 e. The molecule has 1 N–H and O–H groups in total. The maximum Gasteiger partial charge on any atom is 0.0624 e. The molecule has 0 aliphatic carbocycles. The first kappa shape index (κ1) is 12.9. The van der Waals surface area contributed by atoms with Crippen LogP contribution in [0.4, 0.5) is 5.69 Å². The number of rotatable bonds is 4. The number of nitrogens with zero attached hydrogens (tertiary/aromatic N) is 1. The summed E-state index contributed by atoms with van der Waals surface area (Å²) in [6.07, 6.45) is 1.18. The van der Waals surface area contributed by atoms with E-state index in [-0.39, 0.29) is 0 Å². The van der Waals surface area contributed by atoms with Crippen molar-refractivity contribution in [2.75, 3.05) is 31.2 Å². The van der Waals surface area contributed by atoms with Crippen molar-refractivity contribution in [2.24, 2.45) is 5.92 Å². The van der Waals surface area contributed by atoms with Crippen LogP contribution >= 0.6 is 0 Å². The number of hydrogen-bond acceptors (Lipinski definition) is 3. The lowest BCUT2D eigenvalue weighted by atomic mass is 10.0. The van der Waals surface area contributed by atoms with Crippen LogP contribution in [0.15, 0.2) is 24.3 Å². The first-order chi connectivity index (χ1) is 9.29. The highest BCUT2D eigenvalue weighted by Gasteiger charge is 2.33. The molecule has 2 aliphatic heterocycles. The summed E-state index contributed by atoms with van der Waals surface area (Å²) in [5.74, 6) is 0.605. The van der Waals surface area contributed by atoms with E-state index < -0.39 is 0 Å². The molecule has 2 heterocycles. The minimum atomic E-state index is 0.518. The van der Waals surface area contributed by atoms with Crippen molar-refractivity contribution < 1.29 is 4.74 Å². The van der Waals surface area contributed by atoms with Gasteiger partial charge >= 0.3 is 0 Å². The molecule has 104 valence electrons. The molecule has 0 amide bonds. The minimum Gasteiger partial charge on any atom is -0.379 e. The molecular weight excluding hydrogens is 236 g/mol. The summed E-state index contributed by atoms with van der Waals surface area (Å²) in [7, 11) is 0. The van der Waals surface area contributed by atoms with Crippen molar-refractivity contribution in [3.8, 4) is 0 Å².